The highest BCUT2D eigenvalue weighted by atomic mass is 31.2. The SMILES string of the molecule is [2H]C([2H])([2H])C([2H])(N[P@](=O)(OC[C@H]1O[C@@](C#N)(c2ccc3c(N)ncnn23)[C@H](O)[C@@H]1O)Oc1ccccc1)C(=O)OCC(CC)CC. The van der Waals surface area contributed by atoms with Gasteiger partial charge in [-0.2, -0.15) is 15.4 Å². The zero-order chi connectivity index (χ0) is 33.9. The second-order valence-corrected chi connectivity index (χ2v) is 11.2. The Morgan fingerprint density at radius 3 is 2.74 bits per heavy atom. The van der Waals surface area contributed by atoms with Crippen LogP contribution in [0.1, 0.15) is 44.7 Å². The van der Waals surface area contributed by atoms with E-state index in [4.69, 9.17) is 29.7 Å². The van der Waals surface area contributed by atoms with Crippen molar-refractivity contribution in [1.29, 1.82) is 5.26 Å². The lowest BCUT2D eigenvalue weighted by Crippen LogP contribution is -2.41. The van der Waals surface area contributed by atoms with Crippen LogP contribution in [0, 0.1) is 17.2 Å². The topological polar surface area (TPSA) is 204 Å². The second kappa shape index (κ2) is 13.2. The number of nitrogens with two attached hydrogens (primary N) is 1. The molecule has 1 saturated heterocycles. The van der Waals surface area contributed by atoms with Crippen molar-refractivity contribution in [1.82, 2.24) is 19.7 Å². The number of nitrogen functional groups attached to an aromatic ring is 1. The second-order valence-electron chi connectivity index (χ2n) is 9.57. The summed E-state index contributed by atoms with van der Waals surface area (Å²) < 4.78 is 69.8. The average molecular weight is 607 g/mol. The Hall–Kier alpha value is -3.57. The highest BCUT2D eigenvalue weighted by molar-refractivity contribution is 7.52. The molecule has 1 aliphatic rings. The summed E-state index contributed by atoms with van der Waals surface area (Å²) in [6.07, 6.45) is -2.92. The molecule has 14 nitrogen and oxygen atoms in total. The first-order valence-corrected chi connectivity index (χ1v) is 14.7. The van der Waals surface area contributed by atoms with Crippen LogP contribution in [0.4, 0.5) is 5.82 Å². The number of anilines is 1. The van der Waals surface area contributed by atoms with Gasteiger partial charge in [0.15, 0.2) is 5.82 Å². The van der Waals surface area contributed by atoms with E-state index in [-0.39, 0.29) is 35.3 Å². The zero-order valence-electron chi connectivity index (χ0n) is 26.9. The Morgan fingerprint density at radius 1 is 1.33 bits per heavy atom. The summed E-state index contributed by atoms with van der Waals surface area (Å²) in [5.74, 6) is -1.68. The van der Waals surface area contributed by atoms with Crippen molar-refractivity contribution in [2.45, 2.75) is 63.5 Å². The van der Waals surface area contributed by atoms with E-state index in [1.54, 1.807) is 6.07 Å². The van der Waals surface area contributed by atoms with Gasteiger partial charge in [0.1, 0.15) is 48.0 Å². The van der Waals surface area contributed by atoms with E-state index < -0.39 is 57.1 Å². The lowest BCUT2D eigenvalue weighted by Gasteiger charge is -2.25. The lowest BCUT2D eigenvalue weighted by molar-refractivity contribution is -0.146. The molecular weight excluding hydrogens is 567 g/mol. The first-order chi connectivity index (χ1) is 21.6. The Balaban J connectivity index is 1.64. The molecule has 0 radical (unpaired) electrons. The van der Waals surface area contributed by atoms with Gasteiger partial charge in [-0.1, -0.05) is 44.9 Å². The molecule has 1 aliphatic heterocycles. The van der Waals surface area contributed by atoms with Crippen molar-refractivity contribution < 1.29 is 43.6 Å². The minimum absolute atomic E-state index is 0.0113. The number of fused-ring (bicyclic) bond motifs is 1. The average Bonchev–Trinajstić information content (AvgIpc) is 3.56. The van der Waals surface area contributed by atoms with Crippen molar-refractivity contribution in [2.75, 3.05) is 18.9 Å². The molecule has 6 atom stereocenters. The van der Waals surface area contributed by atoms with Gasteiger partial charge in [0, 0.05) is 4.11 Å². The molecule has 15 heteroatoms. The smallest absolute Gasteiger partial charge is 0.459 e. The number of nitrogens with one attached hydrogen (secondary N) is 1. The zero-order valence-corrected chi connectivity index (χ0v) is 23.8. The van der Waals surface area contributed by atoms with E-state index in [0.29, 0.717) is 12.8 Å². The summed E-state index contributed by atoms with van der Waals surface area (Å²) in [6, 6.07) is 8.76. The molecule has 0 spiro atoms. The minimum Gasteiger partial charge on any atom is -0.464 e. The fourth-order valence-electron chi connectivity index (χ4n) is 4.40. The van der Waals surface area contributed by atoms with Crippen molar-refractivity contribution >= 4 is 25.1 Å². The van der Waals surface area contributed by atoms with Gasteiger partial charge in [-0.05, 0) is 37.0 Å². The van der Waals surface area contributed by atoms with Gasteiger partial charge in [-0.3, -0.25) is 9.32 Å². The van der Waals surface area contributed by atoms with Gasteiger partial charge in [0.2, 0.25) is 5.60 Å². The number of para-hydroxylation sites is 1. The summed E-state index contributed by atoms with van der Waals surface area (Å²) in [7, 11) is -5.03. The highest BCUT2D eigenvalue weighted by Gasteiger charge is 2.58. The number of aliphatic hydroxyl groups excluding tert-OH is 2. The van der Waals surface area contributed by atoms with Crippen LogP contribution in [-0.2, 0) is 29.0 Å². The standard InChI is InChI=1S/C27H35N6O8P/c1-4-18(5-2)13-38-26(36)17(3)32-42(37,41-19-9-7-6-8-10-19)39-14-21-23(34)24(35)27(15-28,40-21)22-12-11-20-25(29)30-16-31-33(20)22/h6-12,16-18,21,23-24,34-35H,4-5,13-14H2,1-3H3,(H,32,37)(H2,29,30,31)/t17?,21-,23-,24-,27+,42+/m1/s1/i3D3,17D. The molecule has 0 aliphatic carbocycles. The monoisotopic (exact) mass is 606 g/mol. The number of hydrogen-bond acceptors (Lipinski definition) is 12. The maximum Gasteiger partial charge on any atom is 0.459 e. The predicted octanol–water partition coefficient (Wildman–Crippen LogP) is 2.31. The van der Waals surface area contributed by atoms with Crippen molar-refractivity contribution in [3.8, 4) is 11.8 Å². The van der Waals surface area contributed by atoms with Crippen LogP contribution in [0.2, 0.25) is 0 Å². The summed E-state index contributed by atoms with van der Waals surface area (Å²) >= 11 is 0. The van der Waals surface area contributed by atoms with Gasteiger partial charge in [0.05, 0.1) is 20.3 Å². The molecule has 3 aromatic rings. The largest absolute Gasteiger partial charge is 0.464 e. The van der Waals surface area contributed by atoms with E-state index in [1.165, 1.54) is 40.9 Å². The molecule has 2 aromatic heterocycles. The molecule has 0 amide bonds. The van der Waals surface area contributed by atoms with Gasteiger partial charge < -0.3 is 29.9 Å². The molecule has 1 aromatic carbocycles. The van der Waals surface area contributed by atoms with Gasteiger partial charge in [-0.25, -0.2) is 14.1 Å². The number of aromatic nitrogens is 3. The van der Waals surface area contributed by atoms with Gasteiger partial charge in [-0.15, -0.1) is 0 Å². The van der Waals surface area contributed by atoms with Crippen LogP contribution in [0.15, 0.2) is 48.8 Å². The fraction of sp³-hybridized carbons (Fsp3) is 0.481. The third-order valence-electron chi connectivity index (χ3n) is 6.92. The number of carbonyl (C=O) groups excluding carboxylic acids is 1. The fourth-order valence-corrected chi connectivity index (χ4v) is 5.67. The predicted molar refractivity (Wildman–Crippen MR) is 150 cm³/mol. The number of ether oxygens (including phenoxy) is 2. The van der Waals surface area contributed by atoms with Crippen molar-refractivity contribution in [2.24, 2.45) is 5.92 Å². The van der Waals surface area contributed by atoms with E-state index >= 15 is 0 Å². The first-order valence-electron chi connectivity index (χ1n) is 15.1. The summed E-state index contributed by atoms with van der Waals surface area (Å²) in [5.41, 5.74) is 3.93. The van der Waals surface area contributed by atoms with Crippen LogP contribution < -0.4 is 15.3 Å². The minimum atomic E-state index is -5.03. The van der Waals surface area contributed by atoms with Crippen LogP contribution in [0.3, 0.4) is 0 Å². The summed E-state index contributed by atoms with van der Waals surface area (Å²) in [6.45, 7) is -0.790. The molecular formula is C27H35N6O8P. The number of esters is 1. The van der Waals surface area contributed by atoms with Gasteiger partial charge in [0.25, 0.3) is 0 Å². The summed E-state index contributed by atoms with van der Waals surface area (Å²) in [4.78, 5) is 17.0. The molecule has 0 saturated carbocycles. The number of carbonyl (C=O) groups is 1. The molecule has 42 heavy (non-hydrogen) atoms. The third-order valence-corrected chi connectivity index (χ3v) is 8.36. The number of nitriles is 1. The number of nitrogens with zero attached hydrogens (tertiary/aromatic N) is 4. The van der Waals surface area contributed by atoms with E-state index in [0.717, 1.165) is 6.33 Å². The quantitative estimate of drug-likeness (QED) is 0.163. The van der Waals surface area contributed by atoms with Crippen molar-refractivity contribution in [3.63, 3.8) is 0 Å². The van der Waals surface area contributed by atoms with Crippen LogP contribution in [0.5, 0.6) is 5.75 Å². The maximum absolute atomic E-state index is 14.2. The van der Waals surface area contributed by atoms with Crippen LogP contribution in [-0.4, -0.2) is 68.3 Å². The Kier molecular flexibility index (Phi) is 8.18. The van der Waals surface area contributed by atoms with E-state index in [9.17, 15) is 24.8 Å². The number of rotatable bonds is 13. The molecule has 0 bridgehead atoms. The van der Waals surface area contributed by atoms with Crippen LogP contribution in [0.25, 0.3) is 5.52 Å². The van der Waals surface area contributed by atoms with E-state index in [2.05, 4.69) is 10.1 Å². The maximum atomic E-state index is 14.2. The first kappa shape index (κ1) is 26.1. The third kappa shape index (κ3) is 6.42. The highest BCUT2D eigenvalue weighted by Crippen LogP contribution is 2.47. The normalized spacial score (nSPS) is 26.7. The van der Waals surface area contributed by atoms with Gasteiger partial charge >= 0.3 is 13.7 Å². The van der Waals surface area contributed by atoms with Crippen LogP contribution >= 0.6 is 7.75 Å². The Morgan fingerprint density at radius 2 is 2.07 bits per heavy atom. The molecule has 1 unspecified atom stereocenters. The Bertz CT molecular complexity index is 1620. The summed E-state index contributed by atoms with van der Waals surface area (Å²) in [5, 5.41) is 38.1. The molecule has 1 fully saturated rings. The van der Waals surface area contributed by atoms with Crippen molar-refractivity contribution in [3.05, 3.63) is 54.5 Å². The molecule has 226 valence electrons. The molecule has 5 N–H and O–H groups in total. The Labute approximate surface area is 248 Å². The lowest BCUT2D eigenvalue weighted by atomic mass is 9.92. The number of benzene rings is 1. The molecule has 4 rings (SSSR count). The molecule has 3 heterocycles. The number of hydrogen-bond donors (Lipinski definition) is 4. The number of aliphatic hydroxyl groups is 2. The van der Waals surface area contributed by atoms with E-state index in [1.807, 2.05) is 25.0 Å².